The monoisotopic (exact) mass is 493 g/mol. The highest BCUT2D eigenvalue weighted by atomic mass is 32.1. The molecular formula is C25H27N5O4S. The lowest BCUT2D eigenvalue weighted by molar-refractivity contribution is -0.114. The number of carbonyl (C=O) groups is 3. The smallest absolute Gasteiger partial charge is 0.409 e. The number of benzene rings is 2. The van der Waals surface area contributed by atoms with Gasteiger partial charge >= 0.3 is 6.09 Å². The van der Waals surface area contributed by atoms with Crippen LogP contribution in [0.3, 0.4) is 0 Å². The Balaban J connectivity index is 1.71. The fourth-order valence-corrected chi connectivity index (χ4v) is 4.39. The number of nitrogens with zero attached hydrogens (tertiary/aromatic N) is 3. The Bertz CT molecular complexity index is 1220. The lowest BCUT2D eigenvalue weighted by Gasteiger charge is -2.10. The largest absolute Gasteiger partial charge is 0.465 e. The highest BCUT2D eigenvalue weighted by molar-refractivity contribution is 7.15. The molecule has 0 aliphatic rings. The van der Waals surface area contributed by atoms with Gasteiger partial charge in [0.05, 0.1) is 17.7 Å². The van der Waals surface area contributed by atoms with E-state index in [2.05, 4.69) is 20.6 Å². The van der Waals surface area contributed by atoms with E-state index in [1.54, 1.807) is 19.0 Å². The maximum atomic E-state index is 12.1. The topological polar surface area (TPSA) is 124 Å². The van der Waals surface area contributed by atoms with Crippen LogP contribution in [0.5, 0.6) is 0 Å². The summed E-state index contributed by atoms with van der Waals surface area (Å²) in [5, 5.41) is 14.0. The molecule has 3 aromatic rings. The minimum absolute atomic E-state index is 0.0437. The summed E-state index contributed by atoms with van der Waals surface area (Å²) in [6.07, 6.45) is 2.04. The van der Waals surface area contributed by atoms with Gasteiger partial charge in [0.25, 0.3) is 5.91 Å². The van der Waals surface area contributed by atoms with Crippen LogP contribution in [0.4, 0.5) is 15.6 Å². The van der Waals surface area contributed by atoms with Crippen LogP contribution in [0.1, 0.15) is 39.0 Å². The molecule has 35 heavy (non-hydrogen) atoms. The third-order valence-electron chi connectivity index (χ3n) is 5.02. The minimum Gasteiger partial charge on any atom is -0.465 e. The number of amides is 3. The Morgan fingerprint density at radius 3 is 2.29 bits per heavy atom. The number of hydrogen-bond donors (Lipinski definition) is 3. The highest BCUT2D eigenvalue weighted by Gasteiger charge is 2.14. The third-order valence-corrected chi connectivity index (χ3v) is 6.03. The SMILES string of the molecule is CC(=O)Nc1nc(CCc2ccc(N=CNC(=O)O)cc2)c(Cc2ccc(C(=O)N(C)C)cc2)s1. The van der Waals surface area contributed by atoms with Gasteiger partial charge in [0, 0.05) is 37.9 Å². The Kier molecular flexibility index (Phi) is 8.69. The molecule has 0 atom stereocenters. The van der Waals surface area contributed by atoms with E-state index in [1.165, 1.54) is 18.3 Å². The summed E-state index contributed by atoms with van der Waals surface area (Å²) in [4.78, 5) is 45.4. The normalized spacial score (nSPS) is 10.8. The first-order chi connectivity index (χ1) is 16.7. The first-order valence-corrected chi connectivity index (χ1v) is 11.7. The van der Waals surface area contributed by atoms with E-state index in [0.29, 0.717) is 29.2 Å². The van der Waals surface area contributed by atoms with E-state index >= 15 is 0 Å². The van der Waals surface area contributed by atoms with Gasteiger partial charge < -0.3 is 15.3 Å². The number of carbonyl (C=O) groups excluding carboxylic acids is 2. The van der Waals surface area contributed by atoms with Crippen molar-refractivity contribution in [1.82, 2.24) is 15.2 Å². The predicted molar refractivity (Wildman–Crippen MR) is 137 cm³/mol. The lowest BCUT2D eigenvalue weighted by Crippen LogP contribution is -2.21. The summed E-state index contributed by atoms with van der Waals surface area (Å²) in [6.45, 7) is 1.46. The summed E-state index contributed by atoms with van der Waals surface area (Å²) in [5.41, 5.74) is 4.33. The molecule has 0 aliphatic carbocycles. The van der Waals surface area contributed by atoms with Gasteiger partial charge in [0.1, 0.15) is 0 Å². The standard InChI is InChI=1S/C25H27N5O4S/c1-16(31)28-24-29-21(13-8-17-6-11-20(12-7-17)26-15-27-25(33)34)22(35-24)14-18-4-9-19(10-5-18)23(32)30(2)3/h4-7,9-12,15H,8,13-14H2,1-3H3,(H,26,27)(H,33,34)(H,28,29,31). The van der Waals surface area contributed by atoms with E-state index in [0.717, 1.165) is 34.5 Å². The molecule has 0 fully saturated rings. The van der Waals surface area contributed by atoms with Crippen molar-refractivity contribution >= 4 is 46.4 Å². The number of rotatable bonds is 9. The molecule has 0 spiro atoms. The molecule has 3 rings (SSSR count). The number of hydrogen-bond acceptors (Lipinski definition) is 6. The average molecular weight is 494 g/mol. The van der Waals surface area contributed by atoms with Crippen molar-refractivity contribution in [1.29, 1.82) is 0 Å². The molecular weight excluding hydrogens is 466 g/mol. The Morgan fingerprint density at radius 1 is 1.03 bits per heavy atom. The minimum atomic E-state index is -1.17. The van der Waals surface area contributed by atoms with Crippen LogP contribution in [-0.4, -0.2) is 53.3 Å². The molecule has 10 heteroatoms. The Morgan fingerprint density at radius 2 is 1.69 bits per heavy atom. The molecule has 182 valence electrons. The van der Waals surface area contributed by atoms with Gasteiger partial charge in [-0.1, -0.05) is 24.3 Å². The van der Waals surface area contributed by atoms with Crippen LogP contribution in [0.25, 0.3) is 0 Å². The number of aromatic nitrogens is 1. The summed E-state index contributed by atoms with van der Waals surface area (Å²) in [7, 11) is 3.45. The molecule has 9 nitrogen and oxygen atoms in total. The van der Waals surface area contributed by atoms with E-state index in [-0.39, 0.29) is 11.8 Å². The van der Waals surface area contributed by atoms with Gasteiger partial charge in [-0.15, -0.1) is 11.3 Å². The van der Waals surface area contributed by atoms with E-state index in [9.17, 15) is 14.4 Å². The summed E-state index contributed by atoms with van der Waals surface area (Å²) >= 11 is 1.45. The highest BCUT2D eigenvalue weighted by Crippen LogP contribution is 2.27. The zero-order chi connectivity index (χ0) is 25.4. The van der Waals surface area contributed by atoms with Crippen LogP contribution in [0.15, 0.2) is 53.5 Å². The van der Waals surface area contributed by atoms with E-state index < -0.39 is 6.09 Å². The number of nitrogens with one attached hydrogen (secondary N) is 2. The van der Waals surface area contributed by atoms with Crippen molar-refractivity contribution in [2.24, 2.45) is 4.99 Å². The molecule has 3 N–H and O–H groups in total. The molecule has 0 saturated heterocycles. The summed E-state index contributed by atoms with van der Waals surface area (Å²) in [6, 6.07) is 15.0. The molecule has 0 saturated carbocycles. The van der Waals surface area contributed by atoms with Gasteiger partial charge in [-0.25, -0.2) is 14.8 Å². The fourth-order valence-electron chi connectivity index (χ4n) is 3.30. The van der Waals surface area contributed by atoms with E-state index in [1.807, 2.05) is 48.5 Å². The zero-order valence-electron chi connectivity index (χ0n) is 19.7. The van der Waals surface area contributed by atoms with Crippen LogP contribution < -0.4 is 10.6 Å². The molecule has 2 aromatic carbocycles. The molecule has 1 aromatic heterocycles. The molecule has 1 heterocycles. The van der Waals surface area contributed by atoms with Crippen LogP contribution >= 0.6 is 11.3 Å². The summed E-state index contributed by atoms with van der Waals surface area (Å²) in [5.74, 6) is -0.213. The van der Waals surface area contributed by atoms with Gasteiger partial charge in [0.15, 0.2) is 5.13 Å². The van der Waals surface area contributed by atoms with Crippen LogP contribution in [-0.2, 0) is 24.1 Å². The Hall–Kier alpha value is -4.05. The average Bonchev–Trinajstić information content (AvgIpc) is 3.18. The number of thiazole rings is 1. The van der Waals surface area contributed by atoms with Gasteiger partial charge in [-0.2, -0.15) is 0 Å². The molecule has 0 radical (unpaired) electrons. The zero-order valence-corrected chi connectivity index (χ0v) is 20.6. The van der Waals surface area contributed by atoms with Crippen molar-refractivity contribution in [3.8, 4) is 0 Å². The molecule has 3 amide bonds. The van der Waals surface area contributed by atoms with Crippen molar-refractivity contribution < 1.29 is 19.5 Å². The molecule has 0 aliphatic heterocycles. The van der Waals surface area contributed by atoms with Crippen LogP contribution in [0.2, 0.25) is 0 Å². The number of anilines is 1. The van der Waals surface area contributed by atoms with Crippen molar-refractivity contribution in [3.63, 3.8) is 0 Å². The molecule has 0 unspecified atom stereocenters. The van der Waals surface area contributed by atoms with Crippen molar-refractivity contribution in [2.45, 2.75) is 26.2 Å². The molecule has 0 bridgehead atoms. The number of aryl methyl sites for hydroxylation is 2. The lowest BCUT2D eigenvalue weighted by atomic mass is 10.0. The quantitative estimate of drug-likeness (QED) is 0.306. The second-order valence-corrected chi connectivity index (χ2v) is 9.10. The Labute approximate surface area is 207 Å². The number of carboxylic acid groups (broad SMARTS) is 1. The van der Waals surface area contributed by atoms with Crippen LogP contribution in [0, 0.1) is 0 Å². The predicted octanol–water partition coefficient (Wildman–Crippen LogP) is 4.11. The second kappa shape index (κ2) is 11.9. The fraction of sp³-hybridized carbons (Fsp3) is 0.240. The maximum Gasteiger partial charge on any atom is 0.409 e. The number of aliphatic imine (C=N–C) groups is 1. The van der Waals surface area contributed by atoms with Crippen molar-refractivity contribution in [2.75, 3.05) is 19.4 Å². The summed E-state index contributed by atoms with van der Waals surface area (Å²) < 4.78 is 0. The first kappa shape index (κ1) is 25.6. The van der Waals surface area contributed by atoms with Gasteiger partial charge in [-0.3, -0.25) is 14.9 Å². The van der Waals surface area contributed by atoms with Crippen molar-refractivity contribution in [3.05, 3.63) is 75.8 Å². The maximum absolute atomic E-state index is 12.1. The third kappa shape index (κ3) is 7.75. The van der Waals surface area contributed by atoms with E-state index in [4.69, 9.17) is 5.11 Å². The van der Waals surface area contributed by atoms with Gasteiger partial charge in [-0.05, 0) is 48.2 Å². The van der Waals surface area contributed by atoms with Gasteiger partial charge in [0.2, 0.25) is 5.91 Å². The first-order valence-electron chi connectivity index (χ1n) is 10.9. The second-order valence-electron chi connectivity index (χ2n) is 8.02.